The number of anilines is 1. The molecule has 0 bridgehead atoms. The van der Waals surface area contributed by atoms with Crippen LogP contribution in [0.5, 0.6) is 5.75 Å². The number of nitrogens with one attached hydrogen (secondary N) is 1. The summed E-state index contributed by atoms with van der Waals surface area (Å²) in [5.41, 5.74) is 2.79. The van der Waals surface area contributed by atoms with Gasteiger partial charge in [-0.2, -0.15) is 0 Å². The van der Waals surface area contributed by atoms with Gasteiger partial charge < -0.3 is 10.4 Å². The first-order valence-electron chi connectivity index (χ1n) is 5.54. The maximum Gasteiger partial charge on any atom is 0.115 e. The molecule has 2 nitrogen and oxygen atoms in total. The minimum Gasteiger partial charge on any atom is -0.508 e. The molecule has 0 spiro atoms. The number of halogens is 2. The van der Waals surface area contributed by atoms with Crippen molar-refractivity contribution in [3.63, 3.8) is 0 Å². The molecular weight excluding hydrogens is 269 g/mol. The Kier molecular flexibility index (Phi) is 4.00. The summed E-state index contributed by atoms with van der Waals surface area (Å²) in [4.78, 5) is 0. The van der Waals surface area contributed by atoms with Crippen LogP contribution in [0.25, 0.3) is 0 Å². The molecule has 2 aromatic carbocycles. The zero-order valence-electron chi connectivity index (χ0n) is 9.87. The van der Waals surface area contributed by atoms with E-state index in [4.69, 9.17) is 23.2 Å². The Morgan fingerprint density at radius 2 is 1.78 bits per heavy atom. The van der Waals surface area contributed by atoms with Crippen LogP contribution in [0.3, 0.4) is 0 Å². The molecule has 18 heavy (non-hydrogen) atoms. The summed E-state index contributed by atoms with van der Waals surface area (Å²) in [5, 5.41) is 13.9. The van der Waals surface area contributed by atoms with E-state index >= 15 is 0 Å². The summed E-state index contributed by atoms with van der Waals surface area (Å²) in [6.07, 6.45) is 0. The lowest BCUT2D eigenvalue weighted by molar-refractivity contribution is 0.475. The Hall–Kier alpha value is -1.38. The van der Waals surface area contributed by atoms with Crippen molar-refractivity contribution >= 4 is 28.9 Å². The van der Waals surface area contributed by atoms with E-state index in [9.17, 15) is 5.11 Å². The highest BCUT2D eigenvalue weighted by Crippen LogP contribution is 2.26. The molecule has 2 aromatic rings. The topological polar surface area (TPSA) is 32.3 Å². The van der Waals surface area contributed by atoms with Crippen molar-refractivity contribution in [3.05, 3.63) is 57.6 Å². The lowest BCUT2D eigenvalue weighted by Gasteiger charge is -2.12. The maximum absolute atomic E-state index is 9.34. The summed E-state index contributed by atoms with van der Waals surface area (Å²) in [7, 11) is 0. The van der Waals surface area contributed by atoms with E-state index in [0.717, 1.165) is 16.8 Å². The Morgan fingerprint density at radius 3 is 2.39 bits per heavy atom. The molecule has 0 aliphatic heterocycles. The number of aromatic hydroxyl groups is 1. The second kappa shape index (κ2) is 5.51. The summed E-state index contributed by atoms with van der Waals surface area (Å²) in [6.45, 7) is 2.47. The minimum absolute atomic E-state index is 0.258. The van der Waals surface area contributed by atoms with Crippen LogP contribution in [0.1, 0.15) is 11.1 Å². The highest BCUT2D eigenvalue weighted by atomic mass is 35.5. The molecule has 0 aliphatic rings. The fourth-order valence-corrected chi connectivity index (χ4v) is 2.26. The van der Waals surface area contributed by atoms with Crippen molar-refractivity contribution < 1.29 is 5.11 Å². The Morgan fingerprint density at radius 1 is 1.11 bits per heavy atom. The van der Waals surface area contributed by atoms with Gasteiger partial charge in [-0.25, -0.2) is 0 Å². The smallest absolute Gasteiger partial charge is 0.115 e. The summed E-state index contributed by atoms with van der Waals surface area (Å²) in [5.74, 6) is 0.258. The molecule has 2 rings (SSSR count). The molecule has 0 amide bonds. The van der Waals surface area contributed by atoms with Gasteiger partial charge in [-0.05, 0) is 42.8 Å². The zero-order valence-corrected chi connectivity index (χ0v) is 11.4. The molecule has 0 unspecified atom stereocenters. The first-order chi connectivity index (χ1) is 8.58. The molecule has 0 aliphatic carbocycles. The van der Waals surface area contributed by atoms with Crippen molar-refractivity contribution in [3.8, 4) is 5.75 Å². The van der Waals surface area contributed by atoms with Gasteiger partial charge in [0.15, 0.2) is 0 Å². The fraction of sp³-hybridized carbons (Fsp3) is 0.143. The Bertz CT molecular complexity index is 549. The van der Waals surface area contributed by atoms with E-state index < -0.39 is 0 Å². The second-order valence-electron chi connectivity index (χ2n) is 4.05. The molecule has 4 heteroatoms. The van der Waals surface area contributed by atoms with Crippen LogP contribution in [-0.4, -0.2) is 5.11 Å². The normalized spacial score (nSPS) is 10.4. The van der Waals surface area contributed by atoms with Crippen LogP contribution >= 0.6 is 23.2 Å². The number of phenols is 1. The third-order valence-electron chi connectivity index (χ3n) is 2.73. The average Bonchev–Trinajstić information content (AvgIpc) is 2.31. The maximum atomic E-state index is 9.34. The van der Waals surface area contributed by atoms with Crippen molar-refractivity contribution in [1.29, 1.82) is 0 Å². The second-order valence-corrected chi connectivity index (χ2v) is 4.87. The fourth-order valence-electron chi connectivity index (χ4n) is 1.73. The largest absolute Gasteiger partial charge is 0.508 e. The quantitative estimate of drug-likeness (QED) is 0.805. The van der Waals surface area contributed by atoms with Gasteiger partial charge in [0.2, 0.25) is 0 Å². The Labute approximate surface area is 116 Å². The van der Waals surface area contributed by atoms with Crippen molar-refractivity contribution in [1.82, 2.24) is 0 Å². The molecule has 0 saturated carbocycles. The van der Waals surface area contributed by atoms with Gasteiger partial charge in [-0.3, -0.25) is 0 Å². The van der Waals surface area contributed by atoms with Gasteiger partial charge in [0.25, 0.3) is 0 Å². The SMILES string of the molecule is Cc1cc(O)ccc1NCc1c(Cl)cccc1Cl. The highest BCUT2D eigenvalue weighted by molar-refractivity contribution is 6.36. The lowest BCUT2D eigenvalue weighted by atomic mass is 10.1. The first kappa shape index (κ1) is 13.1. The number of benzene rings is 2. The predicted octanol–water partition coefficient (Wildman–Crippen LogP) is 4.62. The van der Waals surface area contributed by atoms with Gasteiger partial charge in [0, 0.05) is 27.8 Å². The molecule has 2 N–H and O–H groups in total. The zero-order chi connectivity index (χ0) is 13.1. The van der Waals surface area contributed by atoms with Crippen molar-refractivity contribution in [2.24, 2.45) is 0 Å². The van der Waals surface area contributed by atoms with Gasteiger partial charge >= 0.3 is 0 Å². The van der Waals surface area contributed by atoms with Crippen LogP contribution in [-0.2, 0) is 6.54 Å². The molecule has 94 valence electrons. The number of rotatable bonds is 3. The van der Waals surface area contributed by atoms with Crippen LogP contribution in [0, 0.1) is 6.92 Å². The van der Waals surface area contributed by atoms with E-state index in [-0.39, 0.29) is 5.75 Å². The van der Waals surface area contributed by atoms with Crippen molar-refractivity contribution in [2.75, 3.05) is 5.32 Å². The molecule has 0 atom stereocenters. The van der Waals surface area contributed by atoms with E-state index in [0.29, 0.717) is 16.6 Å². The van der Waals surface area contributed by atoms with Crippen LogP contribution in [0.2, 0.25) is 10.0 Å². The summed E-state index contributed by atoms with van der Waals surface area (Å²) in [6, 6.07) is 10.6. The van der Waals surface area contributed by atoms with Gasteiger partial charge in [0.05, 0.1) is 0 Å². The summed E-state index contributed by atoms with van der Waals surface area (Å²) >= 11 is 12.2. The molecule has 0 heterocycles. The van der Waals surface area contributed by atoms with Crippen molar-refractivity contribution in [2.45, 2.75) is 13.5 Å². The Balaban J connectivity index is 2.16. The number of phenolic OH excluding ortho intramolecular Hbond substituents is 1. The number of hydrogen-bond acceptors (Lipinski definition) is 2. The monoisotopic (exact) mass is 281 g/mol. The highest BCUT2D eigenvalue weighted by Gasteiger charge is 2.06. The van der Waals surface area contributed by atoms with Crippen LogP contribution in [0.4, 0.5) is 5.69 Å². The van der Waals surface area contributed by atoms with E-state index in [1.165, 1.54) is 0 Å². The van der Waals surface area contributed by atoms with E-state index in [2.05, 4.69) is 5.32 Å². The van der Waals surface area contributed by atoms with E-state index in [1.54, 1.807) is 12.1 Å². The standard InChI is InChI=1S/C14H13Cl2NO/c1-9-7-10(18)5-6-14(9)17-8-11-12(15)3-2-4-13(11)16/h2-7,17-18H,8H2,1H3. The number of hydrogen-bond donors (Lipinski definition) is 2. The van der Waals surface area contributed by atoms with Crippen LogP contribution in [0.15, 0.2) is 36.4 Å². The number of aryl methyl sites for hydroxylation is 1. The van der Waals surface area contributed by atoms with Gasteiger partial charge in [-0.1, -0.05) is 29.3 Å². The molecule has 0 radical (unpaired) electrons. The molecule has 0 saturated heterocycles. The van der Waals surface area contributed by atoms with Crippen LogP contribution < -0.4 is 5.32 Å². The first-order valence-corrected chi connectivity index (χ1v) is 6.30. The molecule has 0 aromatic heterocycles. The lowest BCUT2D eigenvalue weighted by Crippen LogP contribution is -2.02. The van der Waals surface area contributed by atoms with Gasteiger partial charge in [0.1, 0.15) is 5.75 Å². The molecule has 0 fully saturated rings. The minimum atomic E-state index is 0.258. The van der Waals surface area contributed by atoms with E-state index in [1.807, 2.05) is 31.2 Å². The third kappa shape index (κ3) is 2.89. The molecular formula is C14H13Cl2NO. The summed E-state index contributed by atoms with van der Waals surface area (Å²) < 4.78 is 0. The average molecular weight is 282 g/mol. The third-order valence-corrected chi connectivity index (χ3v) is 3.44. The predicted molar refractivity (Wildman–Crippen MR) is 76.6 cm³/mol. The van der Waals surface area contributed by atoms with Gasteiger partial charge in [-0.15, -0.1) is 0 Å².